The third-order valence-corrected chi connectivity index (χ3v) is 5.92. The summed E-state index contributed by atoms with van der Waals surface area (Å²) in [6.45, 7) is 1.82. The number of halogens is 3. The van der Waals surface area contributed by atoms with E-state index in [9.17, 15) is 26.9 Å². The molecular formula is C22H24F3N7O4S. The summed E-state index contributed by atoms with van der Waals surface area (Å²) >= 11 is 0. The van der Waals surface area contributed by atoms with Crippen LogP contribution in [-0.4, -0.2) is 52.6 Å². The van der Waals surface area contributed by atoms with Crippen LogP contribution >= 0.6 is 0 Å². The van der Waals surface area contributed by atoms with Gasteiger partial charge in [0.1, 0.15) is 23.3 Å². The molecule has 15 heteroatoms. The number of alkyl halides is 3. The number of hydrogen-bond acceptors (Lipinski definition) is 9. The largest absolute Gasteiger partial charge is 0.490 e. The summed E-state index contributed by atoms with van der Waals surface area (Å²) in [7, 11) is -3.22. The highest BCUT2D eigenvalue weighted by Gasteiger charge is 2.38. The minimum absolute atomic E-state index is 0.0957. The lowest BCUT2D eigenvalue weighted by molar-refractivity contribution is -0.192. The molecule has 0 amide bonds. The lowest BCUT2D eigenvalue weighted by Crippen LogP contribution is -2.21. The molecule has 198 valence electrons. The second kappa shape index (κ2) is 10.6. The van der Waals surface area contributed by atoms with Gasteiger partial charge in [-0.25, -0.2) is 18.2 Å². The number of rotatable bonds is 7. The number of sulfone groups is 1. The van der Waals surface area contributed by atoms with E-state index < -0.39 is 22.0 Å². The third kappa shape index (κ3) is 7.54. The van der Waals surface area contributed by atoms with Crippen LogP contribution in [0.4, 0.5) is 30.5 Å². The highest BCUT2D eigenvalue weighted by Crippen LogP contribution is 2.29. The number of anilines is 3. The Hall–Kier alpha value is -3.90. The Bertz CT molecular complexity index is 1460. The number of nitrogens with two attached hydrogens (primary N) is 1. The number of aliphatic carboxylic acids is 1. The SMILES string of the molecule is C[C@@H](N)c1ccc(Nc2cc(NC3CC3)n3ncc(C#N)c3n2)cc1CS(C)(=O)=O.O=C(O)C(F)(F)F. The van der Waals surface area contributed by atoms with Gasteiger partial charge in [0, 0.05) is 30.1 Å². The first-order valence-electron chi connectivity index (χ1n) is 10.9. The van der Waals surface area contributed by atoms with Gasteiger partial charge in [-0.3, -0.25) is 0 Å². The van der Waals surface area contributed by atoms with Crippen LogP contribution in [0, 0.1) is 11.3 Å². The molecule has 2 aromatic heterocycles. The van der Waals surface area contributed by atoms with Crippen molar-refractivity contribution >= 4 is 38.8 Å². The average molecular weight is 540 g/mol. The van der Waals surface area contributed by atoms with E-state index in [1.165, 1.54) is 12.5 Å². The molecule has 0 unspecified atom stereocenters. The zero-order valence-electron chi connectivity index (χ0n) is 19.7. The van der Waals surface area contributed by atoms with E-state index in [4.69, 9.17) is 15.6 Å². The van der Waals surface area contributed by atoms with E-state index in [1.807, 2.05) is 25.1 Å². The molecule has 1 aliphatic rings. The van der Waals surface area contributed by atoms with Gasteiger partial charge in [-0.05, 0) is 43.0 Å². The molecule has 0 radical (unpaired) electrons. The van der Waals surface area contributed by atoms with E-state index >= 15 is 0 Å². The number of hydrogen-bond donors (Lipinski definition) is 4. The molecule has 0 bridgehead atoms. The number of benzene rings is 1. The Morgan fingerprint density at radius 2 is 2.00 bits per heavy atom. The maximum Gasteiger partial charge on any atom is 0.490 e. The molecule has 1 aliphatic carbocycles. The van der Waals surface area contributed by atoms with Gasteiger partial charge in [0.25, 0.3) is 0 Å². The summed E-state index contributed by atoms with van der Waals surface area (Å²) in [6.07, 6.45) is -0.211. The third-order valence-electron chi connectivity index (χ3n) is 5.09. The number of carboxylic acids is 1. The lowest BCUT2D eigenvalue weighted by atomic mass is 10.0. The van der Waals surface area contributed by atoms with Gasteiger partial charge in [-0.15, -0.1) is 0 Å². The number of fused-ring (bicyclic) bond motifs is 1. The smallest absolute Gasteiger partial charge is 0.475 e. The van der Waals surface area contributed by atoms with Crippen molar-refractivity contribution in [3.05, 3.63) is 47.2 Å². The fraction of sp³-hybridized carbons (Fsp3) is 0.364. The summed E-state index contributed by atoms with van der Waals surface area (Å²) < 4.78 is 57.1. The van der Waals surface area contributed by atoms with Crippen LogP contribution in [0.1, 0.15) is 42.5 Å². The van der Waals surface area contributed by atoms with Crippen molar-refractivity contribution in [2.24, 2.45) is 5.73 Å². The fourth-order valence-corrected chi connectivity index (χ4v) is 4.14. The first-order chi connectivity index (χ1) is 17.2. The van der Waals surface area contributed by atoms with Crippen LogP contribution in [-0.2, 0) is 20.4 Å². The van der Waals surface area contributed by atoms with Crippen LogP contribution in [0.2, 0.25) is 0 Å². The van der Waals surface area contributed by atoms with Gasteiger partial charge in [0.2, 0.25) is 0 Å². The molecule has 3 aromatic rings. The van der Waals surface area contributed by atoms with Crippen molar-refractivity contribution in [3.8, 4) is 6.07 Å². The van der Waals surface area contributed by atoms with Crippen LogP contribution in [0.5, 0.6) is 0 Å². The molecule has 1 saturated carbocycles. The Labute approximate surface area is 210 Å². The molecule has 0 saturated heterocycles. The molecule has 37 heavy (non-hydrogen) atoms. The summed E-state index contributed by atoms with van der Waals surface area (Å²) in [6, 6.07) is 9.49. The molecule has 1 aromatic carbocycles. The maximum atomic E-state index is 11.9. The molecule has 5 N–H and O–H groups in total. The van der Waals surface area contributed by atoms with E-state index in [-0.39, 0.29) is 11.8 Å². The molecular weight excluding hydrogens is 515 g/mol. The summed E-state index contributed by atoms with van der Waals surface area (Å²) in [5, 5.41) is 27.4. The number of carbonyl (C=O) groups is 1. The molecule has 2 heterocycles. The van der Waals surface area contributed by atoms with Crippen LogP contribution in [0.3, 0.4) is 0 Å². The molecule has 1 atom stereocenters. The monoisotopic (exact) mass is 539 g/mol. The van der Waals surface area contributed by atoms with Gasteiger partial charge in [-0.2, -0.15) is 28.0 Å². The van der Waals surface area contributed by atoms with E-state index in [2.05, 4.69) is 26.8 Å². The summed E-state index contributed by atoms with van der Waals surface area (Å²) in [4.78, 5) is 13.4. The summed E-state index contributed by atoms with van der Waals surface area (Å²) in [5.41, 5.74) is 8.97. The van der Waals surface area contributed by atoms with Crippen molar-refractivity contribution < 1.29 is 31.5 Å². The number of nitriles is 1. The molecule has 1 fully saturated rings. The van der Waals surface area contributed by atoms with Crippen LogP contribution in [0.25, 0.3) is 5.65 Å². The normalized spacial score (nSPS) is 14.3. The van der Waals surface area contributed by atoms with Crippen molar-refractivity contribution in [1.82, 2.24) is 14.6 Å². The van der Waals surface area contributed by atoms with E-state index in [0.29, 0.717) is 34.3 Å². The number of nitrogens with zero attached hydrogens (tertiary/aromatic N) is 4. The Kier molecular flexibility index (Phi) is 7.94. The van der Waals surface area contributed by atoms with Crippen molar-refractivity contribution in [2.75, 3.05) is 16.9 Å². The molecule has 4 rings (SSSR count). The number of carboxylic acid groups (broad SMARTS) is 1. The Morgan fingerprint density at radius 1 is 1.35 bits per heavy atom. The predicted octanol–water partition coefficient (Wildman–Crippen LogP) is 3.12. The highest BCUT2D eigenvalue weighted by molar-refractivity contribution is 7.89. The van der Waals surface area contributed by atoms with Gasteiger partial charge >= 0.3 is 12.1 Å². The zero-order chi connectivity index (χ0) is 27.5. The molecule has 0 aliphatic heterocycles. The van der Waals surface area contributed by atoms with Crippen molar-refractivity contribution in [1.29, 1.82) is 5.26 Å². The lowest BCUT2D eigenvalue weighted by Gasteiger charge is -2.16. The van der Waals surface area contributed by atoms with Gasteiger partial charge in [-0.1, -0.05) is 6.07 Å². The number of aromatic nitrogens is 3. The average Bonchev–Trinajstić information content (AvgIpc) is 3.48. The van der Waals surface area contributed by atoms with Crippen LogP contribution < -0.4 is 16.4 Å². The van der Waals surface area contributed by atoms with Gasteiger partial charge in [0.05, 0.1) is 11.9 Å². The molecule has 11 nitrogen and oxygen atoms in total. The van der Waals surface area contributed by atoms with Gasteiger partial charge < -0.3 is 21.5 Å². The topological polar surface area (TPSA) is 175 Å². The minimum Gasteiger partial charge on any atom is -0.475 e. The van der Waals surface area contributed by atoms with Crippen molar-refractivity contribution in [2.45, 2.75) is 43.8 Å². The standard InChI is InChI=1S/C20H23N7O2S.C2HF3O2/c1-12(22)17-6-5-16(7-13(17)11-30(2,28)29)24-18-8-19(25-15-3-4-15)27-20(26-18)14(9-21)10-23-27;3-2(4,5)1(6)7/h5-8,10,12,15,25H,3-4,11,22H2,1-2H3,(H,24,26);(H,6,7)/t12-;/m1./s1. The zero-order valence-corrected chi connectivity index (χ0v) is 20.6. The molecule has 0 spiro atoms. The predicted molar refractivity (Wildman–Crippen MR) is 129 cm³/mol. The number of nitrogens with one attached hydrogen (secondary N) is 2. The van der Waals surface area contributed by atoms with E-state index in [0.717, 1.165) is 24.2 Å². The quantitative estimate of drug-likeness (QED) is 0.349. The maximum absolute atomic E-state index is 11.9. The van der Waals surface area contributed by atoms with Crippen LogP contribution in [0.15, 0.2) is 30.5 Å². The fourth-order valence-electron chi connectivity index (χ4n) is 3.33. The summed E-state index contributed by atoms with van der Waals surface area (Å²) in [5.74, 6) is -1.58. The minimum atomic E-state index is -5.08. The van der Waals surface area contributed by atoms with Gasteiger partial charge in [0.15, 0.2) is 15.5 Å². The Balaban J connectivity index is 0.000000479. The Morgan fingerprint density at radius 3 is 2.51 bits per heavy atom. The van der Waals surface area contributed by atoms with E-state index in [1.54, 1.807) is 10.6 Å². The first kappa shape index (κ1) is 27.7. The highest BCUT2D eigenvalue weighted by atomic mass is 32.2. The second-order valence-electron chi connectivity index (χ2n) is 8.55. The second-order valence-corrected chi connectivity index (χ2v) is 10.7. The first-order valence-corrected chi connectivity index (χ1v) is 12.9. The van der Waals surface area contributed by atoms with Crippen molar-refractivity contribution in [3.63, 3.8) is 0 Å².